The van der Waals surface area contributed by atoms with Crippen LogP contribution >= 0.6 is 11.3 Å². The van der Waals surface area contributed by atoms with Crippen LogP contribution in [0.3, 0.4) is 0 Å². The first kappa shape index (κ1) is 13.9. The van der Waals surface area contributed by atoms with Gasteiger partial charge in [0.05, 0.1) is 0 Å². The Morgan fingerprint density at radius 3 is 2.26 bits per heavy atom. The van der Waals surface area contributed by atoms with Crippen LogP contribution in [0.4, 0.5) is 8.78 Å². The number of nitrogens with zero attached hydrogens (tertiary/aromatic N) is 1. The third-order valence-corrected chi connectivity index (χ3v) is 4.71. The van der Waals surface area contributed by atoms with Crippen LogP contribution in [0, 0.1) is 11.6 Å². The molecule has 3 nitrogen and oxygen atoms in total. The van der Waals surface area contributed by atoms with E-state index in [-0.39, 0.29) is 27.5 Å². The third-order valence-electron chi connectivity index (χ3n) is 3.61. The standard InChI is InChI=1S/C17H7F2NO2S/c18-9-3-1-8(2-4-9)17-20-13-14(21)11-6-5-10(19)7-12(11)15(22)16(13)23-17/h1-7H. The molecule has 0 spiro atoms. The van der Waals surface area contributed by atoms with E-state index in [1.807, 2.05) is 0 Å². The summed E-state index contributed by atoms with van der Waals surface area (Å²) in [4.78, 5) is 29.4. The van der Waals surface area contributed by atoms with E-state index in [4.69, 9.17) is 0 Å². The second-order valence-corrected chi connectivity index (χ2v) is 6.05. The maximum atomic E-state index is 13.4. The molecule has 1 aliphatic carbocycles. The SMILES string of the molecule is O=C1c2ccc(F)cc2C(=O)c2sc(-c3ccc(F)cc3)nc21. The minimum atomic E-state index is -0.573. The van der Waals surface area contributed by atoms with Crippen LogP contribution in [-0.4, -0.2) is 16.6 Å². The number of fused-ring (bicyclic) bond motifs is 2. The number of halogens is 2. The van der Waals surface area contributed by atoms with Crippen LogP contribution in [0.2, 0.25) is 0 Å². The number of rotatable bonds is 1. The minimum absolute atomic E-state index is 0.0526. The van der Waals surface area contributed by atoms with Crippen molar-refractivity contribution in [2.45, 2.75) is 0 Å². The van der Waals surface area contributed by atoms with Gasteiger partial charge in [-0.2, -0.15) is 0 Å². The van der Waals surface area contributed by atoms with Crippen molar-refractivity contribution in [1.82, 2.24) is 4.98 Å². The Kier molecular flexibility index (Phi) is 2.96. The number of benzene rings is 2. The van der Waals surface area contributed by atoms with Crippen molar-refractivity contribution in [3.05, 3.63) is 75.8 Å². The molecule has 0 bridgehead atoms. The lowest BCUT2D eigenvalue weighted by atomic mass is 9.91. The molecule has 6 heteroatoms. The highest BCUT2D eigenvalue weighted by atomic mass is 32.1. The fourth-order valence-electron chi connectivity index (χ4n) is 2.50. The monoisotopic (exact) mass is 327 g/mol. The van der Waals surface area contributed by atoms with Gasteiger partial charge in [-0.1, -0.05) is 0 Å². The highest BCUT2D eigenvalue weighted by Crippen LogP contribution is 2.35. The molecule has 2 aromatic carbocycles. The molecule has 0 radical (unpaired) electrons. The predicted octanol–water partition coefficient (Wildman–Crippen LogP) is 3.86. The number of ketones is 2. The van der Waals surface area contributed by atoms with Crippen LogP contribution in [0.25, 0.3) is 10.6 Å². The van der Waals surface area contributed by atoms with E-state index >= 15 is 0 Å². The fraction of sp³-hybridized carbons (Fsp3) is 0. The van der Waals surface area contributed by atoms with Crippen LogP contribution in [0.15, 0.2) is 42.5 Å². The van der Waals surface area contributed by atoms with Gasteiger partial charge in [0.2, 0.25) is 11.6 Å². The molecule has 0 atom stereocenters. The zero-order valence-electron chi connectivity index (χ0n) is 11.5. The fourth-order valence-corrected chi connectivity index (χ4v) is 3.52. The van der Waals surface area contributed by atoms with Crippen LogP contribution in [0.1, 0.15) is 31.3 Å². The second kappa shape index (κ2) is 4.89. The molecular formula is C17H7F2NO2S. The number of hydrogen-bond acceptors (Lipinski definition) is 4. The number of aromatic nitrogens is 1. The molecule has 0 aliphatic heterocycles. The van der Waals surface area contributed by atoms with Gasteiger partial charge in [0.1, 0.15) is 27.2 Å². The van der Waals surface area contributed by atoms with Gasteiger partial charge < -0.3 is 0 Å². The Balaban J connectivity index is 1.88. The van der Waals surface area contributed by atoms with E-state index < -0.39 is 17.4 Å². The van der Waals surface area contributed by atoms with Gasteiger partial charge in [0.15, 0.2) is 0 Å². The maximum absolute atomic E-state index is 13.4. The first-order valence-corrected chi connectivity index (χ1v) is 7.52. The molecule has 0 amide bonds. The highest BCUT2D eigenvalue weighted by molar-refractivity contribution is 7.17. The van der Waals surface area contributed by atoms with E-state index in [9.17, 15) is 18.4 Å². The van der Waals surface area contributed by atoms with Crippen LogP contribution in [-0.2, 0) is 0 Å². The highest BCUT2D eigenvalue weighted by Gasteiger charge is 2.33. The summed E-state index contributed by atoms with van der Waals surface area (Å²) in [6.45, 7) is 0. The summed E-state index contributed by atoms with van der Waals surface area (Å²) in [5, 5.41) is 0.449. The molecule has 23 heavy (non-hydrogen) atoms. The smallest absolute Gasteiger partial charge is 0.213 e. The molecule has 1 aliphatic rings. The topological polar surface area (TPSA) is 47.0 Å². The van der Waals surface area contributed by atoms with Gasteiger partial charge in [-0.3, -0.25) is 9.59 Å². The van der Waals surface area contributed by atoms with Crippen molar-refractivity contribution < 1.29 is 18.4 Å². The van der Waals surface area contributed by atoms with E-state index in [1.165, 1.54) is 30.3 Å². The Morgan fingerprint density at radius 2 is 1.52 bits per heavy atom. The number of thiazole rings is 1. The minimum Gasteiger partial charge on any atom is -0.288 e. The molecule has 0 saturated carbocycles. The molecule has 1 aromatic heterocycles. The van der Waals surface area contributed by atoms with E-state index in [1.54, 1.807) is 0 Å². The van der Waals surface area contributed by atoms with Crippen molar-refractivity contribution in [1.29, 1.82) is 0 Å². The summed E-state index contributed by atoms with van der Waals surface area (Å²) in [6.07, 6.45) is 0. The maximum Gasteiger partial charge on any atom is 0.213 e. The second-order valence-electron chi connectivity index (χ2n) is 5.05. The van der Waals surface area contributed by atoms with Crippen LogP contribution in [0.5, 0.6) is 0 Å². The summed E-state index contributed by atoms with van der Waals surface area (Å²) in [5.74, 6) is -1.78. The lowest BCUT2D eigenvalue weighted by molar-refractivity contribution is 0.0979. The zero-order chi connectivity index (χ0) is 16.1. The molecule has 0 fully saturated rings. The van der Waals surface area contributed by atoms with E-state index in [2.05, 4.69) is 4.98 Å². The van der Waals surface area contributed by atoms with Crippen molar-refractivity contribution in [2.75, 3.05) is 0 Å². The summed E-state index contributed by atoms with van der Waals surface area (Å²) < 4.78 is 26.4. The molecule has 1 heterocycles. The lowest BCUT2D eigenvalue weighted by Gasteiger charge is -2.12. The van der Waals surface area contributed by atoms with Gasteiger partial charge in [-0.15, -0.1) is 11.3 Å². The molecule has 3 aromatic rings. The Hall–Kier alpha value is -2.73. The summed E-state index contributed by atoms with van der Waals surface area (Å²) >= 11 is 1.05. The molecule has 0 saturated heterocycles. The first-order valence-electron chi connectivity index (χ1n) is 6.70. The molecule has 4 rings (SSSR count). The predicted molar refractivity (Wildman–Crippen MR) is 80.8 cm³/mol. The summed E-state index contributed by atoms with van der Waals surface area (Å²) in [5.41, 5.74) is 0.886. The Bertz CT molecular complexity index is 977. The number of carbonyl (C=O) groups is 2. The summed E-state index contributed by atoms with van der Waals surface area (Å²) in [7, 11) is 0. The number of hydrogen-bond donors (Lipinski definition) is 0. The van der Waals surface area contributed by atoms with Crippen LogP contribution < -0.4 is 0 Å². The average molecular weight is 327 g/mol. The van der Waals surface area contributed by atoms with Gasteiger partial charge >= 0.3 is 0 Å². The van der Waals surface area contributed by atoms with Gasteiger partial charge in [-0.05, 0) is 42.5 Å². The third kappa shape index (κ3) is 2.10. The van der Waals surface area contributed by atoms with Gasteiger partial charge in [-0.25, -0.2) is 13.8 Å². The Labute approximate surface area is 133 Å². The first-order chi connectivity index (χ1) is 11.0. The lowest BCUT2D eigenvalue weighted by Crippen LogP contribution is -2.19. The number of carbonyl (C=O) groups excluding carboxylic acids is 2. The zero-order valence-corrected chi connectivity index (χ0v) is 12.3. The average Bonchev–Trinajstić information content (AvgIpc) is 2.99. The van der Waals surface area contributed by atoms with Gasteiger partial charge in [0.25, 0.3) is 0 Å². The molecule has 0 N–H and O–H groups in total. The largest absolute Gasteiger partial charge is 0.288 e. The van der Waals surface area contributed by atoms with Gasteiger partial charge in [0, 0.05) is 16.7 Å². The summed E-state index contributed by atoms with van der Waals surface area (Å²) in [6, 6.07) is 9.12. The van der Waals surface area contributed by atoms with Crippen molar-refractivity contribution in [3.8, 4) is 10.6 Å². The molecule has 112 valence electrons. The molecule has 0 unspecified atom stereocenters. The van der Waals surface area contributed by atoms with E-state index in [0.29, 0.717) is 10.6 Å². The Morgan fingerprint density at radius 1 is 0.826 bits per heavy atom. The van der Waals surface area contributed by atoms with Crippen molar-refractivity contribution >= 4 is 22.9 Å². The van der Waals surface area contributed by atoms with Crippen molar-refractivity contribution in [2.24, 2.45) is 0 Å². The van der Waals surface area contributed by atoms with E-state index in [0.717, 1.165) is 23.5 Å². The molecular weight excluding hydrogens is 320 g/mol. The van der Waals surface area contributed by atoms with Crippen molar-refractivity contribution in [3.63, 3.8) is 0 Å². The quantitative estimate of drug-likeness (QED) is 0.533. The normalized spacial score (nSPS) is 13.0.